The van der Waals surface area contributed by atoms with E-state index in [-0.39, 0.29) is 17.2 Å². The highest BCUT2D eigenvalue weighted by Gasteiger charge is 2.18. The number of hydrogen-bond acceptors (Lipinski definition) is 5. The zero-order valence-electron chi connectivity index (χ0n) is 13.3. The summed E-state index contributed by atoms with van der Waals surface area (Å²) in [6.45, 7) is 1.19. The number of halogens is 2. The zero-order chi connectivity index (χ0) is 18.6. The van der Waals surface area contributed by atoms with Crippen LogP contribution in [0.15, 0.2) is 34.8 Å². The third kappa shape index (κ3) is 4.66. The van der Waals surface area contributed by atoms with Gasteiger partial charge in [-0.25, -0.2) is 4.39 Å². The third-order valence-corrected chi connectivity index (χ3v) is 3.74. The summed E-state index contributed by atoms with van der Waals surface area (Å²) in [5.74, 6) is -1.18. The van der Waals surface area contributed by atoms with Crippen LogP contribution >= 0.6 is 15.9 Å². The fraction of sp³-hybridized carbons (Fsp3) is 0.188. The first-order valence-electron chi connectivity index (χ1n) is 7.02. The van der Waals surface area contributed by atoms with E-state index in [2.05, 4.69) is 21.2 Å². The number of carbonyl (C=O) groups excluding carboxylic acids is 1. The van der Waals surface area contributed by atoms with E-state index in [9.17, 15) is 19.3 Å². The van der Waals surface area contributed by atoms with Crippen LogP contribution in [0.1, 0.15) is 5.56 Å². The summed E-state index contributed by atoms with van der Waals surface area (Å²) >= 11 is 3.12. The molecule has 1 N–H and O–H groups in total. The van der Waals surface area contributed by atoms with Gasteiger partial charge >= 0.3 is 5.69 Å². The second-order valence-corrected chi connectivity index (χ2v) is 5.92. The molecule has 0 aliphatic carbocycles. The van der Waals surface area contributed by atoms with Crippen LogP contribution in [0.2, 0.25) is 0 Å². The van der Waals surface area contributed by atoms with E-state index >= 15 is 0 Å². The van der Waals surface area contributed by atoms with Crippen molar-refractivity contribution in [3.8, 4) is 11.5 Å². The van der Waals surface area contributed by atoms with Gasteiger partial charge in [0.15, 0.2) is 23.9 Å². The van der Waals surface area contributed by atoms with Gasteiger partial charge in [0.1, 0.15) is 0 Å². The number of nitrogens with zero attached hydrogens (tertiary/aromatic N) is 1. The minimum atomic E-state index is -0.602. The fourth-order valence-corrected chi connectivity index (χ4v) is 2.37. The molecule has 0 saturated heterocycles. The molecule has 7 nitrogen and oxygen atoms in total. The molecular formula is C16H14BrFN2O5. The maximum absolute atomic E-state index is 13.6. The molecule has 0 bridgehead atoms. The lowest BCUT2D eigenvalue weighted by molar-refractivity contribution is -0.385. The summed E-state index contributed by atoms with van der Waals surface area (Å²) in [4.78, 5) is 22.4. The first-order valence-corrected chi connectivity index (χ1v) is 7.82. The van der Waals surface area contributed by atoms with Gasteiger partial charge in [-0.3, -0.25) is 14.9 Å². The highest BCUT2D eigenvalue weighted by atomic mass is 79.9. The second kappa shape index (κ2) is 7.93. The predicted molar refractivity (Wildman–Crippen MR) is 92.6 cm³/mol. The Morgan fingerprint density at radius 3 is 2.64 bits per heavy atom. The van der Waals surface area contributed by atoms with E-state index in [0.29, 0.717) is 15.7 Å². The number of hydrogen-bond donors (Lipinski definition) is 1. The molecule has 0 fully saturated rings. The van der Waals surface area contributed by atoms with E-state index < -0.39 is 23.3 Å². The normalized spacial score (nSPS) is 10.2. The molecule has 0 radical (unpaired) electrons. The monoisotopic (exact) mass is 412 g/mol. The van der Waals surface area contributed by atoms with Crippen LogP contribution in [0, 0.1) is 22.9 Å². The van der Waals surface area contributed by atoms with Crippen LogP contribution in [0.4, 0.5) is 15.8 Å². The third-order valence-electron chi connectivity index (χ3n) is 3.25. The van der Waals surface area contributed by atoms with Crippen molar-refractivity contribution in [3.63, 3.8) is 0 Å². The number of rotatable bonds is 6. The number of nitro benzene ring substituents is 1. The van der Waals surface area contributed by atoms with Gasteiger partial charge in [-0.15, -0.1) is 0 Å². The molecule has 0 spiro atoms. The summed E-state index contributed by atoms with van der Waals surface area (Å²) in [7, 11) is 1.29. The number of carbonyl (C=O) groups is 1. The molecular weight excluding hydrogens is 399 g/mol. The lowest BCUT2D eigenvalue weighted by Crippen LogP contribution is -2.21. The quantitative estimate of drug-likeness (QED) is 0.574. The van der Waals surface area contributed by atoms with Crippen LogP contribution in [0.3, 0.4) is 0 Å². The van der Waals surface area contributed by atoms with Crippen molar-refractivity contribution >= 4 is 33.2 Å². The van der Waals surface area contributed by atoms with E-state index in [1.165, 1.54) is 31.4 Å². The van der Waals surface area contributed by atoms with E-state index in [1.807, 2.05) is 0 Å². The molecule has 0 atom stereocenters. The van der Waals surface area contributed by atoms with Crippen LogP contribution in [0.5, 0.6) is 11.5 Å². The molecule has 0 aliphatic heterocycles. The molecule has 0 aliphatic rings. The van der Waals surface area contributed by atoms with Gasteiger partial charge in [0.2, 0.25) is 0 Å². The SMILES string of the molecule is COc1cc(NC(=O)COc2ccc(Br)cc2F)c(C)cc1[N+](=O)[O-]. The molecule has 0 heterocycles. The molecule has 0 aromatic heterocycles. The topological polar surface area (TPSA) is 90.7 Å². The standard InChI is InChI=1S/C16H14BrFN2O5/c1-9-5-13(20(22)23)15(24-2)7-12(9)19-16(21)8-25-14-4-3-10(17)6-11(14)18/h3-7H,8H2,1-2H3,(H,19,21). The van der Waals surface area contributed by atoms with Crippen molar-refractivity contribution in [2.75, 3.05) is 19.0 Å². The van der Waals surface area contributed by atoms with Crippen LogP contribution in [-0.2, 0) is 4.79 Å². The number of methoxy groups -OCH3 is 1. The van der Waals surface area contributed by atoms with Gasteiger partial charge in [0.25, 0.3) is 5.91 Å². The van der Waals surface area contributed by atoms with Crippen LogP contribution in [-0.4, -0.2) is 24.5 Å². The lowest BCUT2D eigenvalue weighted by Gasteiger charge is -2.12. The first kappa shape index (κ1) is 18.7. The Morgan fingerprint density at radius 2 is 2.04 bits per heavy atom. The van der Waals surface area contributed by atoms with Crippen molar-refractivity contribution in [1.82, 2.24) is 0 Å². The smallest absolute Gasteiger partial charge is 0.311 e. The summed E-state index contributed by atoms with van der Waals surface area (Å²) in [6.07, 6.45) is 0. The molecule has 2 rings (SSSR count). The molecule has 0 unspecified atom stereocenters. The van der Waals surface area contributed by atoms with Crippen molar-refractivity contribution in [1.29, 1.82) is 0 Å². The average Bonchev–Trinajstić information content (AvgIpc) is 2.55. The number of benzene rings is 2. The Kier molecular flexibility index (Phi) is 5.92. The van der Waals surface area contributed by atoms with Gasteiger partial charge in [0.05, 0.1) is 12.0 Å². The number of anilines is 1. The number of ether oxygens (including phenoxy) is 2. The van der Waals surface area contributed by atoms with Crippen molar-refractivity contribution in [3.05, 3.63) is 56.3 Å². The summed E-state index contributed by atoms with van der Waals surface area (Å²) in [5.41, 5.74) is 0.620. The molecule has 25 heavy (non-hydrogen) atoms. The van der Waals surface area contributed by atoms with E-state index in [1.54, 1.807) is 13.0 Å². The summed E-state index contributed by atoms with van der Waals surface area (Å²) in [6, 6.07) is 6.85. The van der Waals surface area contributed by atoms with Crippen LogP contribution in [0.25, 0.3) is 0 Å². The fourth-order valence-electron chi connectivity index (χ4n) is 2.04. The van der Waals surface area contributed by atoms with Gasteiger partial charge in [-0.05, 0) is 30.7 Å². The maximum atomic E-state index is 13.6. The maximum Gasteiger partial charge on any atom is 0.311 e. The Morgan fingerprint density at radius 1 is 1.32 bits per heavy atom. The lowest BCUT2D eigenvalue weighted by atomic mass is 10.1. The van der Waals surface area contributed by atoms with Gasteiger partial charge < -0.3 is 14.8 Å². The average molecular weight is 413 g/mol. The van der Waals surface area contributed by atoms with Gasteiger partial charge in [0, 0.05) is 22.3 Å². The van der Waals surface area contributed by atoms with E-state index in [0.717, 1.165) is 0 Å². The Bertz CT molecular complexity index is 828. The Hall–Kier alpha value is -2.68. The molecule has 2 aromatic carbocycles. The number of nitrogens with one attached hydrogen (secondary N) is 1. The van der Waals surface area contributed by atoms with Gasteiger partial charge in [-0.1, -0.05) is 15.9 Å². The number of nitro groups is 1. The minimum absolute atomic E-state index is 0.0192. The van der Waals surface area contributed by atoms with E-state index in [4.69, 9.17) is 9.47 Å². The summed E-state index contributed by atoms with van der Waals surface area (Å²) < 4.78 is 24.3. The molecule has 1 amide bonds. The Labute approximate surface area is 151 Å². The zero-order valence-corrected chi connectivity index (χ0v) is 14.9. The second-order valence-electron chi connectivity index (χ2n) is 5.01. The molecule has 2 aromatic rings. The van der Waals surface area contributed by atoms with Crippen molar-refractivity contribution in [2.45, 2.75) is 6.92 Å². The van der Waals surface area contributed by atoms with Gasteiger partial charge in [-0.2, -0.15) is 0 Å². The largest absolute Gasteiger partial charge is 0.490 e. The number of aryl methyl sites for hydroxylation is 1. The highest BCUT2D eigenvalue weighted by Crippen LogP contribution is 2.32. The first-order chi connectivity index (χ1) is 11.8. The van der Waals surface area contributed by atoms with Crippen molar-refractivity contribution < 1.29 is 23.6 Å². The van der Waals surface area contributed by atoms with Crippen molar-refractivity contribution in [2.24, 2.45) is 0 Å². The predicted octanol–water partition coefficient (Wildman–Crippen LogP) is 3.83. The molecule has 132 valence electrons. The van der Waals surface area contributed by atoms with Crippen LogP contribution < -0.4 is 14.8 Å². The highest BCUT2D eigenvalue weighted by molar-refractivity contribution is 9.10. The molecule has 0 saturated carbocycles. The molecule has 9 heteroatoms. The minimum Gasteiger partial charge on any atom is -0.490 e. The Balaban J connectivity index is 2.08. The summed E-state index contributed by atoms with van der Waals surface area (Å²) in [5, 5.41) is 13.5. The number of amides is 1.